The predicted octanol–water partition coefficient (Wildman–Crippen LogP) is 2.56. The maximum Gasteiger partial charge on any atom is 0.246 e. The Kier molecular flexibility index (Phi) is 7.03. The fourth-order valence-electron chi connectivity index (χ4n) is 3.86. The molecule has 176 valence electrons. The normalized spacial score (nSPS) is 19.6. The smallest absolute Gasteiger partial charge is 0.246 e. The number of rotatable bonds is 6. The molecule has 0 saturated carbocycles. The van der Waals surface area contributed by atoms with Gasteiger partial charge >= 0.3 is 0 Å². The minimum atomic E-state index is -4.07. The van der Waals surface area contributed by atoms with Gasteiger partial charge in [-0.1, -0.05) is 6.07 Å². The molecule has 4 rings (SSSR count). The average molecular weight is 494 g/mol. The maximum atomic E-state index is 14.4. The van der Waals surface area contributed by atoms with Crippen molar-refractivity contribution < 1.29 is 27.1 Å². The van der Waals surface area contributed by atoms with Gasteiger partial charge in [-0.25, -0.2) is 12.8 Å². The Labute approximate surface area is 196 Å². The Morgan fingerprint density at radius 1 is 1.18 bits per heavy atom. The molecule has 2 aliphatic rings. The van der Waals surface area contributed by atoms with E-state index in [2.05, 4.69) is 5.32 Å². The van der Waals surface area contributed by atoms with Crippen LogP contribution in [0.4, 0.5) is 15.8 Å². The van der Waals surface area contributed by atoms with E-state index in [-0.39, 0.29) is 50.9 Å². The van der Waals surface area contributed by atoms with E-state index < -0.39 is 32.6 Å². The molecular weight excluding hydrogens is 469 g/mol. The van der Waals surface area contributed by atoms with Gasteiger partial charge in [-0.05, 0) is 42.7 Å². The molecule has 8 nitrogen and oxygen atoms in total. The number of sulfonamides is 1. The summed E-state index contributed by atoms with van der Waals surface area (Å²) in [6.45, 7) is 0.960. The minimum Gasteiger partial charge on any atom is -0.379 e. The van der Waals surface area contributed by atoms with Crippen LogP contribution >= 0.6 is 11.8 Å². The monoisotopic (exact) mass is 493 g/mol. The number of benzene rings is 2. The number of anilines is 2. The zero-order valence-electron chi connectivity index (χ0n) is 18.0. The maximum absolute atomic E-state index is 14.4. The fourth-order valence-corrected chi connectivity index (χ4v) is 5.81. The molecule has 0 unspecified atom stereocenters. The van der Waals surface area contributed by atoms with Crippen LogP contribution in [0, 0.1) is 11.7 Å². The highest BCUT2D eigenvalue weighted by atomic mass is 32.2. The van der Waals surface area contributed by atoms with Crippen molar-refractivity contribution in [3.8, 4) is 0 Å². The number of ether oxygens (including phenoxy) is 1. The third kappa shape index (κ3) is 5.06. The molecule has 2 amide bonds. The third-order valence-corrected chi connectivity index (χ3v) is 8.29. The van der Waals surface area contributed by atoms with Crippen LogP contribution in [0.5, 0.6) is 0 Å². The van der Waals surface area contributed by atoms with Crippen molar-refractivity contribution in [2.75, 3.05) is 49.3 Å². The molecular formula is C22H24FN3O5S2. The van der Waals surface area contributed by atoms with E-state index in [4.69, 9.17) is 4.74 Å². The highest BCUT2D eigenvalue weighted by Gasteiger charge is 2.36. The van der Waals surface area contributed by atoms with Gasteiger partial charge in [0.15, 0.2) is 0 Å². The van der Waals surface area contributed by atoms with E-state index in [1.807, 2.05) is 30.5 Å². The largest absolute Gasteiger partial charge is 0.379 e. The first-order chi connectivity index (χ1) is 15.8. The lowest BCUT2D eigenvalue weighted by Gasteiger charge is -2.26. The van der Waals surface area contributed by atoms with Crippen molar-refractivity contribution in [1.29, 1.82) is 0 Å². The molecule has 11 heteroatoms. The number of amides is 2. The zero-order valence-corrected chi connectivity index (χ0v) is 19.6. The van der Waals surface area contributed by atoms with E-state index in [0.29, 0.717) is 0 Å². The van der Waals surface area contributed by atoms with E-state index >= 15 is 0 Å². The number of hydrogen-bond donors (Lipinski definition) is 1. The van der Waals surface area contributed by atoms with Gasteiger partial charge in [0, 0.05) is 42.3 Å². The second kappa shape index (κ2) is 9.80. The van der Waals surface area contributed by atoms with Crippen LogP contribution in [0.1, 0.15) is 6.42 Å². The summed E-state index contributed by atoms with van der Waals surface area (Å²) in [5.41, 5.74) is 0.881. The van der Waals surface area contributed by atoms with Crippen LogP contribution in [0.3, 0.4) is 0 Å². The van der Waals surface area contributed by atoms with Gasteiger partial charge in [0.2, 0.25) is 21.8 Å². The molecule has 0 radical (unpaired) electrons. The molecule has 0 bridgehead atoms. The number of halogens is 1. The van der Waals surface area contributed by atoms with Crippen molar-refractivity contribution in [1.82, 2.24) is 4.31 Å². The lowest BCUT2D eigenvalue weighted by atomic mass is 10.1. The first kappa shape index (κ1) is 23.7. The topological polar surface area (TPSA) is 96.0 Å². The number of nitrogens with one attached hydrogen (secondary N) is 1. The molecule has 2 aromatic rings. The van der Waals surface area contributed by atoms with Gasteiger partial charge in [-0.3, -0.25) is 9.59 Å². The van der Waals surface area contributed by atoms with Crippen molar-refractivity contribution in [3.05, 3.63) is 48.3 Å². The second-order valence-corrected chi connectivity index (χ2v) is 10.5. The molecule has 1 N–H and O–H groups in total. The summed E-state index contributed by atoms with van der Waals surface area (Å²) < 4.78 is 46.5. The summed E-state index contributed by atoms with van der Waals surface area (Å²) >= 11 is 1.56. The quantitative estimate of drug-likeness (QED) is 0.622. The molecule has 2 heterocycles. The van der Waals surface area contributed by atoms with E-state index in [1.165, 1.54) is 6.07 Å². The Morgan fingerprint density at radius 2 is 1.94 bits per heavy atom. The molecule has 0 aliphatic carbocycles. The minimum absolute atomic E-state index is 0.0372. The fraction of sp³-hybridized carbons (Fsp3) is 0.364. The van der Waals surface area contributed by atoms with Crippen molar-refractivity contribution in [2.45, 2.75) is 16.2 Å². The standard InChI is InChI=1S/C22H24FN3O5S2/c1-32-18-4-2-3-17(13-18)26-14-15(11-21(26)27)22(28)24-16-5-6-19(23)20(12-16)33(29,30)25-7-9-31-10-8-25/h2-6,12-13,15H,7-11,14H2,1H3,(H,24,28)/t15-/m1/s1. The summed E-state index contributed by atoms with van der Waals surface area (Å²) in [7, 11) is -4.07. The average Bonchev–Trinajstić information content (AvgIpc) is 3.22. The lowest BCUT2D eigenvalue weighted by Crippen LogP contribution is -2.40. The third-order valence-electron chi connectivity index (χ3n) is 5.65. The van der Waals surface area contributed by atoms with Gasteiger partial charge in [-0.15, -0.1) is 11.8 Å². The second-order valence-electron chi connectivity index (χ2n) is 7.76. The molecule has 2 fully saturated rings. The number of carbonyl (C=O) groups is 2. The van der Waals surface area contributed by atoms with Crippen molar-refractivity contribution >= 4 is 45.0 Å². The summed E-state index contributed by atoms with van der Waals surface area (Å²) in [4.78, 5) is 27.5. The predicted molar refractivity (Wildman–Crippen MR) is 123 cm³/mol. The molecule has 2 aromatic carbocycles. The Bertz CT molecular complexity index is 1170. The van der Waals surface area contributed by atoms with Crippen LogP contribution in [0.25, 0.3) is 0 Å². The van der Waals surface area contributed by atoms with Gasteiger partial charge in [0.25, 0.3) is 0 Å². The number of thioether (sulfide) groups is 1. The first-order valence-electron chi connectivity index (χ1n) is 10.4. The Hall–Kier alpha value is -2.47. The van der Waals surface area contributed by atoms with Crippen LogP contribution < -0.4 is 10.2 Å². The van der Waals surface area contributed by atoms with Gasteiger partial charge in [0.1, 0.15) is 10.7 Å². The van der Waals surface area contributed by atoms with Crippen LogP contribution in [0.15, 0.2) is 52.3 Å². The number of nitrogens with zero attached hydrogens (tertiary/aromatic N) is 2. The Balaban J connectivity index is 1.49. The van der Waals surface area contributed by atoms with Gasteiger partial charge in [0.05, 0.1) is 19.1 Å². The lowest BCUT2D eigenvalue weighted by molar-refractivity contribution is -0.122. The van der Waals surface area contributed by atoms with Crippen molar-refractivity contribution in [3.63, 3.8) is 0 Å². The molecule has 0 aromatic heterocycles. The van der Waals surface area contributed by atoms with E-state index in [9.17, 15) is 22.4 Å². The SMILES string of the molecule is CSc1cccc(N2C[C@H](C(=O)Nc3ccc(F)c(S(=O)(=O)N4CCOCC4)c3)CC2=O)c1. The number of hydrogen-bond acceptors (Lipinski definition) is 6. The highest BCUT2D eigenvalue weighted by molar-refractivity contribution is 7.98. The van der Waals surface area contributed by atoms with Crippen LogP contribution in [-0.2, 0) is 24.3 Å². The van der Waals surface area contributed by atoms with E-state index in [0.717, 1.165) is 27.0 Å². The summed E-state index contributed by atoms with van der Waals surface area (Å²) in [5.74, 6) is -2.09. The number of morpholine rings is 1. The molecule has 1 atom stereocenters. The summed E-state index contributed by atoms with van der Waals surface area (Å²) in [5, 5.41) is 2.65. The van der Waals surface area contributed by atoms with E-state index in [1.54, 1.807) is 16.7 Å². The molecule has 2 aliphatic heterocycles. The summed E-state index contributed by atoms with van der Waals surface area (Å²) in [6.07, 6.45) is 1.98. The number of carbonyl (C=O) groups excluding carboxylic acids is 2. The van der Waals surface area contributed by atoms with Crippen LogP contribution in [-0.4, -0.2) is 63.6 Å². The summed E-state index contributed by atoms with van der Waals surface area (Å²) in [6, 6.07) is 11.0. The highest BCUT2D eigenvalue weighted by Crippen LogP contribution is 2.29. The van der Waals surface area contributed by atoms with Crippen molar-refractivity contribution in [2.24, 2.45) is 5.92 Å². The van der Waals surface area contributed by atoms with Gasteiger partial charge < -0.3 is 15.0 Å². The molecule has 2 saturated heterocycles. The first-order valence-corrected chi connectivity index (χ1v) is 13.1. The van der Waals surface area contributed by atoms with Crippen LogP contribution in [0.2, 0.25) is 0 Å². The Morgan fingerprint density at radius 3 is 2.67 bits per heavy atom. The molecule has 0 spiro atoms. The molecule has 33 heavy (non-hydrogen) atoms. The zero-order chi connectivity index (χ0) is 23.6. The van der Waals surface area contributed by atoms with Gasteiger partial charge in [-0.2, -0.15) is 4.31 Å².